The van der Waals surface area contributed by atoms with Crippen LogP contribution in [-0.4, -0.2) is 80.9 Å². The number of ether oxygens (including phenoxy) is 4. The van der Waals surface area contributed by atoms with Gasteiger partial charge in [-0.05, 0) is 26.0 Å². The lowest BCUT2D eigenvalue weighted by molar-refractivity contribution is 0.0573. The number of piperazine rings is 1. The SMILES string of the molecule is CCOC(=O)N1CCN(C(=O)c2sc(-c3cc(OC)c(OC)c(OC)c3)nc2C)CC1. The van der Waals surface area contributed by atoms with Crippen molar-refractivity contribution in [2.75, 3.05) is 54.1 Å². The summed E-state index contributed by atoms with van der Waals surface area (Å²) in [5, 5.41) is 0.685. The number of amides is 2. The maximum Gasteiger partial charge on any atom is 0.409 e. The number of benzene rings is 1. The van der Waals surface area contributed by atoms with Gasteiger partial charge in [-0.25, -0.2) is 9.78 Å². The molecule has 0 aliphatic carbocycles. The first kappa shape index (κ1) is 22.7. The highest BCUT2D eigenvalue weighted by atomic mass is 32.1. The molecule has 2 aromatic rings. The van der Waals surface area contributed by atoms with Crippen LogP contribution in [0, 0.1) is 6.92 Å². The molecule has 1 aromatic carbocycles. The summed E-state index contributed by atoms with van der Waals surface area (Å²) >= 11 is 1.32. The van der Waals surface area contributed by atoms with Gasteiger partial charge in [-0.1, -0.05) is 0 Å². The molecule has 1 aromatic heterocycles. The van der Waals surface area contributed by atoms with E-state index >= 15 is 0 Å². The van der Waals surface area contributed by atoms with E-state index in [9.17, 15) is 9.59 Å². The molecule has 0 saturated carbocycles. The maximum atomic E-state index is 13.1. The van der Waals surface area contributed by atoms with Gasteiger partial charge in [-0.3, -0.25) is 4.79 Å². The summed E-state index contributed by atoms with van der Waals surface area (Å²) in [5.74, 6) is 1.45. The number of thiazole rings is 1. The number of carbonyl (C=O) groups is 2. The van der Waals surface area contributed by atoms with E-state index in [2.05, 4.69) is 4.98 Å². The molecule has 3 rings (SSSR count). The monoisotopic (exact) mass is 449 g/mol. The molecule has 1 aliphatic heterocycles. The van der Waals surface area contributed by atoms with Crippen LogP contribution in [0.5, 0.6) is 17.2 Å². The molecule has 1 fully saturated rings. The zero-order valence-corrected chi connectivity index (χ0v) is 19.2. The van der Waals surface area contributed by atoms with Crippen molar-refractivity contribution in [3.63, 3.8) is 0 Å². The number of aromatic nitrogens is 1. The molecule has 0 spiro atoms. The lowest BCUT2D eigenvalue weighted by Gasteiger charge is -2.33. The van der Waals surface area contributed by atoms with Crippen molar-refractivity contribution in [3.8, 4) is 27.8 Å². The van der Waals surface area contributed by atoms with Crippen LogP contribution in [0.15, 0.2) is 12.1 Å². The minimum atomic E-state index is -0.340. The molecule has 31 heavy (non-hydrogen) atoms. The Balaban J connectivity index is 1.80. The topological polar surface area (TPSA) is 90.4 Å². The average Bonchev–Trinajstić information content (AvgIpc) is 3.19. The van der Waals surface area contributed by atoms with Crippen molar-refractivity contribution in [3.05, 3.63) is 22.7 Å². The van der Waals surface area contributed by atoms with Gasteiger partial charge in [0.15, 0.2) is 11.5 Å². The zero-order chi connectivity index (χ0) is 22.5. The summed E-state index contributed by atoms with van der Waals surface area (Å²) in [4.78, 5) is 33.5. The summed E-state index contributed by atoms with van der Waals surface area (Å²) in [6.07, 6.45) is -0.340. The van der Waals surface area contributed by atoms with Crippen LogP contribution < -0.4 is 14.2 Å². The van der Waals surface area contributed by atoms with Gasteiger partial charge in [0.05, 0.1) is 33.6 Å². The van der Waals surface area contributed by atoms with Crippen molar-refractivity contribution in [2.24, 2.45) is 0 Å². The Bertz CT molecular complexity index is 928. The number of hydrogen-bond donors (Lipinski definition) is 0. The van der Waals surface area contributed by atoms with Gasteiger partial charge in [0.1, 0.15) is 9.88 Å². The van der Waals surface area contributed by atoms with Crippen LogP contribution in [0.2, 0.25) is 0 Å². The Hall–Kier alpha value is -3.01. The van der Waals surface area contributed by atoms with E-state index in [1.165, 1.54) is 11.3 Å². The number of rotatable bonds is 6. The average molecular weight is 450 g/mol. The van der Waals surface area contributed by atoms with E-state index in [1.54, 1.807) is 38.1 Å². The second kappa shape index (κ2) is 9.86. The van der Waals surface area contributed by atoms with E-state index < -0.39 is 0 Å². The molecular formula is C21H27N3O6S. The zero-order valence-electron chi connectivity index (χ0n) is 18.4. The maximum absolute atomic E-state index is 13.1. The van der Waals surface area contributed by atoms with Crippen molar-refractivity contribution < 1.29 is 28.5 Å². The molecule has 2 amide bonds. The molecule has 0 atom stereocenters. The smallest absolute Gasteiger partial charge is 0.409 e. The first-order valence-electron chi connectivity index (χ1n) is 9.92. The molecule has 0 N–H and O–H groups in total. The summed E-state index contributed by atoms with van der Waals surface area (Å²) in [6.45, 7) is 5.73. The molecule has 0 bridgehead atoms. The largest absolute Gasteiger partial charge is 0.493 e. The molecule has 0 radical (unpaired) electrons. The Morgan fingerprint density at radius 1 is 1.00 bits per heavy atom. The number of carbonyl (C=O) groups excluding carboxylic acids is 2. The normalized spacial score (nSPS) is 13.7. The first-order chi connectivity index (χ1) is 14.9. The molecular weight excluding hydrogens is 422 g/mol. The predicted octanol–water partition coefficient (Wildman–Crippen LogP) is 3.06. The fourth-order valence-corrected chi connectivity index (χ4v) is 4.39. The lowest BCUT2D eigenvalue weighted by atomic mass is 10.2. The number of hydrogen-bond acceptors (Lipinski definition) is 8. The third-order valence-corrected chi connectivity index (χ3v) is 6.19. The third-order valence-electron chi connectivity index (χ3n) is 5.00. The van der Waals surface area contributed by atoms with E-state index in [1.807, 2.05) is 19.1 Å². The number of aryl methyl sites for hydroxylation is 1. The van der Waals surface area contributed by atoms with Crippen LogP contribution in [0.4, 0.5) is 4.79 Å². The van der Waals surface area contributed by atoms with Crippen LogP contribution >= 0.6 is 11.3 Å². The van der Waals surface area contributed by atoms with Gasteiger partial charge in [-0.15, -0.1) is 11.3 Å². The van der Waals surface area contributed by atoms with Gasteiger partial charge in [0.25, 0.3) is 5.91 Å². The Kier molecular flexibility index (Phi) is 7.21. The first-order valence-corrected chi connectivity index (χ1v) is 10.7. The summed E-state index contributed by atoms with van der Waals surface area (Å²) in [5.41, 5.74) is 1.43. The number of nitrogens with zero attached hydrogens (tertiary/aromatic N) is 3. The molecule has 1 saturated heterocycles. The van der Waals surface area contributed by atoms with E-state index in [-0.39, 0.29) is 12.0 Å². The standard InChI is InChI=1S/C21H27N3O6S/c1-6-30-21(26)24-9-7-23(8-10-24)20(25)18-13(2)22-19(31-18)14-11-15(27-3)17(29-5)16(12-14)28-4/h11-12H,6-10H2,1-5H3. The molecule has 9 nitrogen and oxygen atoms in total. The molecule has 1 aliphatic rings. The van der Waals surface area contributed by atoms with Crippen LogP contribution in [0.3, 0.4) is 0 Å². The predicted molar refractivity (Wildman–Crippen MR) is 116 cm³/mol. The van der Waals surface area contributed by atoms with Crippen LogP contribution in [0.25, 0.3) is 10.6 Å². The quantitative estimate of drug-likeness (QED) is 0.669. The van der Waals surface area contributed by atoms with E-state index in [4.69, 9.17) is 18.9 Å². The Labute approximate surface area is 185 Å². The van der Waals surface area contributed by atoms with Gasteiger partial charge in [0.2, 0.25) is 5.75 Å². The van der Waals surface area contributed by atoms with Gasteiger partial charge in [-0.2, -0.15) is 0 Å². The second-order valence-electron chi connectivity index (χ2n) is 6.83. The Morgan fingerprint density at radius 3 is 2.10 bits per heavy atom. The highest BCUT2D eigenvalue weighted by Crippen LogP contribution is 2.42. The molecule has 168 valence electrons. The van der Waals surface area contributed by atoms with Crippen molar-refractivity contribution in [1.82, 2.24) is 14.8 Å². The summed E-state index contributed by atoms with van der Waals surface area (Å²) in [7, 11) is 4.66. The summed E-state index contributed by atoms with van der Waals surface area (Å²) < 4.78 is 21.2. The fourth-order valence-electron chi connectivity index (χ4n) is 3.37. The minimum absolute atomic E-state index is 0.0859. The Morgan fingerprint density at radius 2 is 1.58 bits per heavy atom. The molecule has 10 heteroatoms. The van der Waals surface area contributed by atoms with E-state index in [0.29, 0.717) is 65.6 Å². The van der Waals surface area contributed by atoms with Crippen molar-refractivity contribution >= 4 is 23.3 Å². The van der Waals surface area contributed by atoms with E-state index in [0.717, 1.165) is 5.56 Å². The number of methoxy groups -OCH3 is 3. The van der Waals surface area contributed by atoms with Crippen LogP contribution in [0.1, 0.15) is 22.3 Å². The highest BCUT2D eigenvalue weighted by Gasteiger charge is 2.28. The van der Waals surface area contributed by atoms with Gasteiger partial charge in [0, 0.05) is 31.7 Å². The summed E-state index contributed by atoms with van der Waals surface area (Å²) in [6, 6.07) is 3.62. The molecule has 0 unspecified atom stereocenters. The van der Waals surface area contributed by atoms with Crippen molar-refractivity contribution in [2.45, 2.75) is 13.8 Å². The second-order valence-corrected chi connectivity index (χ2v) is 7.82. The highest BCUT2D eigenvalue weighted by molar-refractivity contribution is 7.17. The van der Waals surface area contributed by atoms with Gasteiger partial charge < -0.3 is 28.7 Å². The lowest BCUT2D eigenvalue weighted by Crippen LogP contribution is -2.50. The van der Waals surface area contributed by atoms with Crippen molar-refractivity contribution in [1.29, 1.82) is 0 Å². The minimum Gasteiger partial charge on any atom is -0.493 e. The third kappa shape index (κ3) is 4.68. The van der Waals surface area contributed by atoms with Crippen LogP contribution in [-0.2, 0) is 4.74 Å². The van der Waals surface area contributed by atoms with Gasteiger partial charge >= 0.3 is 6.09 Å². The fraction of sp³-hybridized carbons (Fsp3) is 0.476. The molecule has 2 heterocycles.